The van der Waals surface area contributed by atoms with E-state index in [1.165, 1.54) is 38.1 Å². The van der Waals surface area contributed by atoms with Gasteiger partial charge in [-0.15, -0.1) is 0 Å². The Kier molecular flexibility index (Phi) is 8.92. The molecule has 11 heteroatoms. The maximum Gasteiger partial charge on any atom is 0.303 e. The fourth-order valence-electron chi connectivity index (χ4n) is 3.19. The summed E-state index contributed by atoms with van der Waals surface area (Å²) in [5, 5.41) is 0. The smallest absolute Gasteiger partial charge is 0.303 e. The zero-order valence-electron chi connectivity index (χ0n) is 18.9. The first-order chi connectivity index (χ1) is 15.5. The van der Waals surface area contributed by atoms with Crippen LogP contribution in [-0.4, -0.2) is 67.0 Å². The first-order valence-corrected chi connectivity index (χ1v) is 10.1. The third-order valence-corrected chi connectivity index (χ3v) is 4.46. The lowest BCUT2D eigenvalue weighted by Gasteiger charge is -2.43. The van der Waals surface area contributed by atoms with Crippen molar-refractivity contribution in [3.63, 3.8) is 0 Å². The topological polar surface area (TPSA) is 141 Å². The van der Waals surface area contributed by atoms with Crippen molar-refractivity contribution in [2.24, 2.45) is 0 Å². The molecule has 0 amide bonds. The Bertz CT molecular complexity index is 892. The summed E-state index contributed by atoms with van der Waals surface area (Å²) in [7, 11) is 0. The van der Waals surface area contributed by atoms with Gasteiger partial charge in [-0.25, -0.2) is 0 Å². The van der Waals surface area contributed by atoms with Crippen LogP contribution in [-0.2, 0) is 42.9 Å². The van der Waals surface area contributed by atoms with Crippen molar-refractivity contribution < 1.29 is 52.4 Å². The maximum absolute atomic E-state index is 11.8. The van der Waals surface area contributed by atoms with Gasteiger partial charge in [0.25, 0.3) is 0 Å². The van der Waals surface area contributed by atoms with E-state index < -0.39 is 54.6 Å². The Balaban J connectivity index is 2.43. The average molecular weight is 466 g/mol. The van der Waals surface area contributed by atoms with Crippen LogP contribution in [0, 0.1) is 0 Å². The van der Waals surface area contributed by atoms with Gasteiger partial charge in [-0.3, -0.25) is 24.0 Å². The fourth-order valence-corrected chi connectivity index (χ4v) is 3.19. The van der Waals surface area contributed by atoms with Crippen molar-refractivity contribution in [3.05, 3.63) is 29.8 Å². The van der Waals surface area contributed by atoms with Gasteiger partial charge in [-0.1, -0.05) is 0 Å². The third-order valence-electron chi connectivity index (χ3n) is 4.46. The standard InChI is InChI=1S/C22H26O11/c1-11(23)16-6-8-17(9-7-16)32-22-21(31-15(5)27)20(30-14(4)26)19(29-13(3)25)18(33-22)10-28-12(2)24/h6-9,18-22H,10H2,1-5H3/t18?,19-,20-,21?,22-/m1/s1. The first kappa shape index (κ1) is 25.8. The number of hydrogen-bond donors (Lipinski definition) is 0. The monoisotopic (exact) mass is 466 g/mol. The minimum absolute atomic E-state index is 0.145. The Labute approximate surface area is 190 Å². The van der Waals surface area contributed by atoms with Crippen LogP contribution in [0.25, 0.3) is 0 Å². The molecule has 1 aromatic rings. The molecule has 0 N–H and O–H groups in total. The molecule has 0 aromatic heterocycles. The second kappa shape index (κ2) is 11.4. The van der Waals surface area contributed by atoms with E-state index in [0.717, 1.165) is 20.8 Å². The van der Waals surface area contributed by atoms with Gasteiger partial charge in [0.15, 0.2) is 18.0 Å². The van der Waals surface area contributed by atoms with Crippen LogP contribution in [0.1, 0.15) is 45.0 Å². The van der Waals surface area contributed by atoms with E-state index in [4.69, 9.17) is 28.4 Å². The molecule has 1 aliphatic heterocycles. The number of rotatable bonds is 8. The van der Waals surface area contributed by atoms with E-state index in [1.54, 1.807) is 0 Å². The molecule has 0 bridgehead atoms. The summed E-state index contributed by atoms with van der Waals surface area (Å²) in [6.45, 7) is 5.63. The highest BCUT2D eigenvalue weighted by Gasteiger charge is 2.53. The summed E-state index contributed by atoms with van der Waals surface area (Å²) in [5.74, 6) is -2.72. The first-order valence-electron chi connectivity index (χ1n) is 10.1. The van der Waals surface area contributed by atoms with Gasteiger partial charge >= 0.3 is 23.9 Å². The molecule has 2 unspecified atom stereocenters. The van der Waals surface area contributed by atoms with Crippen molar-refractivity contribution >= 4 is 29.7 Å². The number of carbonyl (C=O) groups is 5. The Morgan fingerprint density at radius 3 is 1.73 bits per heavy atom. The van der Waals surface area contributed by atoms with Gasteiger partial charge in [0.1, 0.15) is 18.5 Å². The lowest BCUT2D eigenvalue weighted by atomic mass is 9.98. The molecule has 180 valence electrons. The van der Waals surface area contributed by atoms with Crippen LogP contribution < -0.4 is 4.74 Å². The number of benzene rings is 1. The van der Waals surface area contributed by atoms with Crippen molar-refractivity contribution in [1.82, 2.24) is 0 Å². The predicted octanol–water partition coefficient (Wildman–Crippen LogP) is 1.35. The van der Waals surface area contributed by atoms with Gasteiger partial charge in [-0.05, 0) is 31.2 Å². The Morgan fingerprint density at radius 1 is 0.727 bits per heavy atom. The molecule has 1 fully saturated rings. The van der Waals surface area contributed by atoms with E-state index in [9.17, 15) is 24.0 Å². The summed E-state index contributed by atoms with van der Waals surface area (Å²) in [5.41, 5.74) is 0.448. The molecular weight excluding hydrogens is 440 g/mol. The molecule has 1 aliphatic rings. The minimum atomic E-state index is -1.34. The summed E-state index contributed by atoms with van der Waals surface area (Å²) in [4.78, 5) is 58.2. The highest BCUT2D eigenvalue weighted by molar-refractivity contribution is 5.94. The Hall–Kier alpha value is -3.47. The molecule has 1 aromatic carbocycles. The summed E-state index contributed by atoms with van der Waals surface area (Å²) >= 11 is 0. The summed E-state index contributed by atoms with van der Waals surface area (Å²) < 4.78 is 32.6. The quantitative estimate of drug-likeness (QED) is 0.311. The van der Waals surface area contributed by atoms with Crippen LogP contribution in [0.3, 0.4) is 0 Å². The van der Waals surface area contributed by atoms with Crippen molar-refractivity contribution in [3.8, 4) is 5.75 Å². The van der Waals surface area contributed by atoms with E-state index in [-0.39, 0.29) is 18.1 Å². The number of ether oxygens (including phenoxy) is 6. The molecule has 0 aliphatic carbocycles. The van der Waals surface area contributed by atoms with Crippen molar-refractivity contribution in [1.29, 1.82) is 0 Å². The van der Waals surface area contributed by atoms with Gasteiger partial charge < -0.3 is 28.4 Å². The number of ketones is 1. The zero-order valence-corrected chi connectivity index (χ0v) is 18.9. The minimum Gasteiger partial charge on any atom is -0.463 e. The van der Waals surface area contributed by atoms with Crippen LogP contribution in [0.15, 0.2) is 24.3 Å². The highest BCUT2D eigenvalue weighted by atomic mass is 16.7. The largest absolute Gasteiger partial charge is 0.463 e. The lowest BCUT2D eigenvalue weighted by Crippen LogP contribution is -2.63. The number of esters is 4. The zero-order chi connectivity index (χ0) is 24.7. The van der Waals surface area contributed by atoms with E-state index in [2.05, 4.69) is 0 Å². The number of Topliss-reactive ketones (excluding diaryl/α,β-unsaturated/α-hetero) is 1. The molecule has 11 nitrogen and oxygen atoms in total. The lowest BCUT2D eigenvalue weighted by molar-refractivity contribution is -0.288. The van der Waals surface area contributed by atoms with Crippen molar-refractivity contribution in [2.75, 3.05) is 6.61 Å². The third kappa shape index (κ3) is 7.56. The number of carbonyl (C=O) groups excluding carboxylic acids is 5. The fraction of sp³-hybridized carbons (Fsp3) is 0.500. The van der Waals surface area contributed by atoms with Gasteiger partial charge in [0, 0.05) is 33.3 Å². The molecule has 0 saturated carbocycles. The second-order valence-corrected chi connectivity index (χ2v) is 7.27. The normalized spacial score (nSPS) is 24.2. The SMILES string of the molecule is CC(=O)OCC1O[C@@H](Oc2ccc(C(C)=O)cc2)C(OC(C)=O)[C@H](OC(C)=O)[C@@H]1OC(C)=O. The second-order valence-electron chi connectivity index (χ2n) is 7.27. The highest BCUT2D eigenvalue weighted by Crippen LogP contribution is 2.31. The van der Waals surface area contributed by atoms with E-state index >= 15 is 0 Å². The molecule has 1 saturated heterocycles. The van der Waals surface area contributed by atoms with E-state index in [0.29, 0.717) is 5.56 Å². The Morgan fingerprint density at radius 2 is 1.24 bits per heavy atom. The van der Waals surface area contributed by atoms with Gasteiger partial charge in [0.05, 0.1) is 0 Å². The van der Waals surface area contributed by atoms with Crippen LogP contribution >= 0.6 is 0 Å². The molecule has 5 atom stereocenters. The van der Waals surface area contributed by atoms with Gasteiger partial charge in [0.2, 0.25) is 12.4 Å². The molecule has 2 rings (SSSR count). The molecule has 33 heavy (non-hydrogen) atoms. The summed E-state index contributed by atoms with van der Waals surface area (Å²) in [6, 6.07) is 6.07. The number of hydrogen-bond acceptors (Lipinski definition) is 11. The molecule has 0 radical (unpaired) electrons. The van der Waals surface area contributed by atoms with Crippen molar-refractivity contribution in [2.45, 2.75) is 65.3 Å². The predicted molar refractivity (Wildman–Crippen MR) is 109 cm³/mol. The summed E-state index contributed by atoms with van der Waals surface area (Å²) in [6.07, 6.45) is -6.39. The van der Waals surface area contributed by atoms with Crippen LogP contribution in [0.5, 0.6) is 5.75 Å². The van der Waals surface area contributed by atoms with E-state index in [1.807, 2.05) is 0 Å². The maximum atomic E-state index is 11.8. The van der Waals surface area contributed by atoms with Crippen LogP contribution in [0.2, 0.25) is 0 Å². The molecule has 0 spiro atoms. The average Bonchev–Trinajstić information content (AvgIpc) is 2.70. The van der Waals surface area contributed by atoms with Crippen LogP contribution in [0.4, 0.5) is 0 Å². The molecule has 1 heterocycles. The molecular formula is C22H26O11. The van der Waals surface area contributed by atoms with Gasteiger partial charge in [-0.2, -0.15) is 0 Å².